The van der Waals surface area contributed by atoms with Crippen LogP contribution < -0.4 is 4.72 Å². The molecule has 3 aromatic heterocycles. The number of halogens is 1. The van der Waals surface area contributed by atoms with E-state index in [2.05, 4.69) is 19.9 Å². The number of imidazole rings is 1. The number of nitrogens with one attached hydrogen (secondary N) is 1. The first-order valence-electron chi connectivity index (χ1n) is 7.26. The lowest BCUT2D eigenvalue weighted by Crippen LogP contribution is -2.35. The van der Waals surface area contributed by atoms with Crippen LogP contribution in [-0.2, 0) is 10.0 Å². The number of sulfonamides is 1. The molecule has 0 aromatic carbocycles. The molecular weight excluding hydrogens is 351 g/mol. The maximum absolute atomic E-state index is 14.4. The molecule has 4 rings (SSSR count). The second-order valence-electron chi connectivity index (χ2n) is 5.79. The average molecular weight is 362 g/mol. The number of fused-ring (bicyclic) bond motifs is 1. The minimum Gasteiger partial charge on any atom is -0.419 e. The Morgan fingerprint density at radius 2 is 2.20 bits per heavy atom. The van der Waals surface area contributed by atoms with Crippen LogP contribution in [0.5, 0.6) is 0 Å². The molecule has 1 saturated carbocycles. The van der Waals surface area contributed by atoms with Gasteiger partial charge in [-0.1, -0.05) is 0 Å². The zero-order chi connectivity index (χ0) is 17.8. The predicted molar refractivity (Wildman–Crippen MR) is 81.1 cm³/mol. The van der Waals surface area contributed by atoms with Gasteiger partial charge in [0, 0.05) is 13.1 Å². The summed E-state index contributed by atoms with van der Waals surface area (Å²) in [4.78, 5) is 3.70. The summed E-state index contributed by atoms with van der Waals surface area (Å²) in [6, 6.07) is 2.81. The molecule has 9 nitrogen and oxygen atoms in total. The van der Waals surface area contributed by atoms with E-state index in [1.165, 1.54) is 16.8 Å². The van der Waals surface area contributed by atoms with Gasteiger partial charge < -0.3 is 4.42 Å². The summed E-state index contributed by atoms with van der Waals surface area (Å²) < 4.78 is 48.2. The number of hydrogen-bond acceptors (Lipinski definition) is 7. The Morgan fingerprint density at radius 3 is 2.80 bits per heavy atom. The van der Waals surface area contributed by atoms with Crippen LogP contribution in [0.3, 0.4) is 0 Å². The van der Waals surface area contributed by atoms with Crippen molar-refractivity contribution in [2.24, 2.45) is 0 Å². The molecule has 0 aliphatic heterocycles. The second-order valence-corrected chi connectivity index (χ2v) is 7.47. The molecule has 1 fully saturated rings. The van der Waals surface area contributed by atoms with E-state index in [4.69, 9.17) is 9.68 Å². The molecule has 3 heterocycles. The molecule has 128 valence electrons. The van der Waals surface area contributed by atoms with Gasteiger partial charge in [-0.15, -0.1) is 10.2 Å². The first-order chi connectivity index (χ1) is 11.8. The minimum atomic E-state index is -4.08. The van der Waals surface area contributed by atoms with E-state index in [0.29, 0.717) is 18.7 Å². The molecule has 0 saturated heterocycles. The van der Waals surface area contributed by atoms with Crippen LogP contribution in [-0.4, -0.2) is 33.5 Å². The number of aromatic nitrogens is 4. The third-order valence-corrected chi connectivity index (χ3v) is 5.39. The van der Waals surface area contributed by atoms with Crippen LogP contribution in [0, 0.1) is 24.1 Å². The van der Waals surface area contributed by atoms with Crippen LogP contribution in [0.25, 0.3) is 17.2 Å². The molecule has 11 heteroatoms. The van der Waals surface area contributed by atoms with Crippen molar-refractivity contribution in [2.45, 2.75) is 30.2 Å². The van der Waals surface area contributed by atoms with Gasteiger partial charge in [0.15, 0.2) is 0 Å². The van der Waals surface area contributed by atoms with Gasteiger partial charge in [-0.2, -0.15) is 9.98 Å². The minimum absolute atomic E-state index is 0.0371. The van der Waals surface area contributed by atoms with Gasteiger partial charge in [0.05, 0.1) is 12.3 Å². The summed E-state index contributed by atoms with van der Waals surface area (Å²) in [5.41, 5.74) is -1.04. The van der Waals surface area contributed by atoms with E-state index < -0.39 is 21.4 Å². The lowest BCUT2D eigenvalue weighted by molar-refractivity contribution is 0.528. The van der Waals surface area contributed by atoms with Crippen molar-refractivity contribution in [2.75, 3.05) is 0 Å². The zero-order valence-corrected chi connectivity index (χ0v) is 13.7. The van der Waals surface area contributed by atoms with Gasteiger partial charge in [-0.05, 0) is 18.9 Å². The number of pyridine rings is 1. The Hall–Kier alpha value is -2.84. The van der Waals surface area contributed by atoms with Crippen LogP contribution in [0.4, 0.5) is 4.39 Å². The van der Waals surface area contributed by atoms with E-state index >= 15 is 0 Å². The van der Waals surface area contributed by atoms with Crippen molar-refractivity contribution >= 4 is 15.5 Å². The summed E-state index contributed by atoms with van der Waals surface area (Å²) in [5.74, 6) is -0.329. The lowest BCUT2D eigenvalue weighted by atomic mass is 10.3. The van der Waals surface area contributed by atoms with Crippen LogP contribution in [0.1, 0.15) is 18.7 Å². The first kappa shape index (κ1) is 15.7. The van der Waals surface area contributed by atoms with Crippen molar-refractivity contribution in [1.82, 2.24) is 24.3 Å². The summed E-state index contributed by atoms with van der Waals surface area (Å²) in [6.45, 7) is 1.59. The third-order valence-electron chi connectivity index (χ3n) is 3.89. The summed E-state index contributed by atoms with van der Waals surface area (Å²) in [7, 11) is -4.08. The Labute approximate surface area is 141 Å². The molecule has 0 bridgehead atoms. The Morgan fingerprint density at radius 1 is 1.44 bits per heavy atom. The number of nitrogens with zero attached hydrogens (tertiary/aromatic N) is 5. The highest BCUT2D eigenvalue weighted by Crippen LogP contribution is 2.36. The molecular formula is C14H11FN6O3S. The van der Waals surface area contributed by atoms with E-state index in [-0.39, 0.29) is 22.1 Å². The molecule has 3 aromatic rings. The molecule has 1 N–H and O–H groups in total. The van der Waals surface area contributed by atoms with Gasteiger partial charge >= 0.3 is 0 Å². The van der Waals surface area contributed by atoms with E-state index in [1.54, 1.807) is 6.92 Å². The fourth-order valence-corrected chi connectivity index (χ4v) is 3.79. The number of rotatable bonds is 4. The molecule has 1 aliphatic rings. The first-order valence-corrected chi connectivity index (χ1v) is 8.74. The monoisotopic (exact) mass is 362 g/mol. The molecule has 0 atom stereocenters. The van der Waals surface area contributed by atoms with E-state index in [9.17, 15) is 12.8 Å². The fraction of sp³-hybridized carbons (Fsp3) is 0.286. The smallest absolute Gasteiger partial charge is 0.284 e. The summed E-state index contributed by atoms with van der Waals surface area (Å²) >= 11 is 0. The topological polar surface area (TPSA) is 126 Å². The molecule has 0 spiro atoms. The SMILES string of the molecule is Cc1nnc(-c2ncc3c(F)cc(S(=O)(=O)NC4(C#N)CC4)cn23)o1. The molecule has 0 radical (unpaired) electrons. The van der Waals surface area contributed by atoms with Gasteiger partial charge in [0.2, 0.25) is 21.7 Å². The normalized spacial score (nSPS) is 16.0. The van der Waals surface area contributed by atoms with Gasteiger partial charge in [0.1, 0.15) is 21.8 Å². The van der Waals surface area contributed by atoms with Gasteiger partial charge in [0.25, 0.3) is 5.89 Å². The van der Waals surface area contributed by atoms with Crippen molar-refractivity contribution in [3.63, 3.8) is 0 Å². The molecule has 0 unspecified atom stereocenters. The second kappa shape index (κ2) is 5.08. The quantitative estimate of drug-likeness (QED) is 0.738. The third kappa shape index (κ3) is 2.55. The average Bonchev–Trinajstić information content (AvgIpc) is 2.98. The van der Waals surface area contributed by atoms with Crippen LogP contribution in [0.15, 0.2) is 27.8 Å². The number of hydrogen-bond donors (Lipinski definition) is 1. The van der Waals surface area contributed by atoms with Crippen LogP contribution in [0.2, 0.25) is 0 Å². The maximum atomic E-state index is 14.4. The standard InChI is InChI=1S/C14H11FN6O3S/c1-8-18-19-13(24-8)12-17-5-11-10(15)4-9(6-21(11)12)25(22,23)20-14(7-16)2-3-14/h4-6,20H,2-3H2,1H3. The van der Waals surface area contributed by atoms with E-state index in [1.807, 2.05) is 6.07 Å². The maximum Gasteiger partial charge on any atom is 0.284 e. The summed E-state index contributed by atoms with van der Waals surface area (Å²) in [6.07, 6.45) is 3.29. The lowest BCUT2D eigenvalue weighted by Gasteiger charge is -2.11. The Kier molecular flexibility index (Phi) is 3.18. The van der Waals surface area contributed by atoms with Gasteiger partial charge in [-0.25, -0.2) is 17.8 Å². The number of nitriles is 1. The zero-order valence-electron chi connectivity index (χ0n) is 12.9. The largest absolute Gasteiger partial charge is 0.419 e. The van der Waals surface area contributed by atoms with Gasteiger partial charge in [-0.3, -0.25) is 4.40 Å². The molecule has 0 amide bonds. The number of aryl methyl sites for hydroxylation is 1. The van der Waals surface area contributed by atoms with Crippen LogP contribution >= 0.6 is 0 Å². The molecule has 1 aliphatic carbocycles. The molecule has 25 heavy (non-hydrogen) atoms. The van der Waals surface area contributed by atoms with Crippen molar-refractivity contribution in [3.05, 3.63) is 30.2 Å². The van der Waals surface area contributed by atoms with Crippen molar-refractivity contribution < 1.29 is 17.2 Å². The predicted octanol–water partition coefficient (Wildman–Crippen LogP) is 1.17. The summed E-state index contributed by atoms with van der Waals surface area (Å²) in [5, 5.41) is 16.6. The highest BCUT2D eigenvalue weighted by atomic mass is 32.2. The fourth-order valence-electron chi connectivity index (χ4n) is 2.40. The van der Waals surface area contributed by atoms with Crippen molar-refractivity contribution in [3.8, 4) is 17.8 Å². The Balaban J connectivity index is 1.85. The van der Waals surface area contributed by atoms with E-state index in [0.717, 1.165) is 6.07 Å². The highest BCUT2D eigenvalue weighted by molar-refractivity contribution is 7.89. The Bertz CT molecular complexity index is 1140. The highest BCUT2D eigenvalue weighted by Gasteiger charge is 2.47. The van der Waals surface area contributed by atoms with Crippen molar-refractivity contribution in [1.29, 1.82) is 5.26 Å².